The van der Waals surface area contributed by atoms with E-state index < -0.39 is 16.4 Å². The Morgan fingerprint density at radius 1 is 0.676 bits per heavy atom. The Kier molecular flexibility index (Phi) is 35.8. The number of aliphatic carboxylic acids is 1. The van der Waals surface area contributed by atoms with E-state index in [0.29, 0.717) is 19.5 Å². The van der Waals surface area contributed by atoms with Gasteiger partial charge in [-0.3, -0.25) is 13.2 Å². The number of unbranched alkanes of at least 4 members (excludes halogenated alkanes) is 14. The minimum atomic E-state index is -3.66. The van der Waals surface area contributed by atoms with Crippen LogP contribution in [0.5, 0.6) is 0 Å². The van der Waals surface area contributed by atoms with E-state index in [1.165, 1.54) is 83.5 Å². The number of carboxylic acid groups (broad SMARTS) is 1. The van der Waals surface area contributed by atoms with Crippen molar-refractivity contribution in [1.82, 2.24) is 5.32 Å². The van der Waals surface area contributed by atoms with Crippen molar-refractivity contribution in [2.24, 2.45) is 0 Å². The number of aliphatic hydroxyl groups excluding tert-OH is 2. The zero-order chi connectivity index (χ0) is 26.3. The Balaban J connectivity index is -0.000000558. The zero-order valence-corrected chi connectivity index (χ0v) is 22.7. The van der Waals surface area contributed by atoms with Gasteiger partial charge in [-0.25, -0.2) is 0 Å². The summed E-state index contributed by atoms with van der Waals surface area (Å²) in [4.78, 5) is 10.3. The van der Waals surface area contributed by atoms with E-state index in [1.54, 1.807) is 0 Å². The summed E-state index contributed by atoms with van der Waals surface area (Å²) in [6.07, 6.45) is 20.2. The highest BCUT2D eigenvalue weighted by atomic mass is 32.3. The lowest BCUT2D eigenvalue weighted by molar-refractivity contribution is -0.137. The summed E-state index contributed by atoms with van der Waals surface area (Å²) in [7, 11) is -1.60. The molecule has 10 heteroatoms. The number of hydrogen-bond acceptors (Lipinski definition) is 8. The van der Waals surface area contributed by atoms with Gasteiger partial charge in [0.05, 0.1) is 27.4 Å². The highest BCUT2D eigenvalue weighted by molar-refractivity contribution is 7.81. The zero-order valence-electron chi connectivity index (χ0n) is 21.9. The van der Waals surface area contributed by atoms with E-state index >= 15 is 0 Å². The van der Waals surface area contributed by atoms with Crippen LogP contribution in [0.2, 0.25) is 0 Å². The van der Waals surface area contributed by atoms with Gasteiger partial charge in [0.2, 0.25) is 0 Å². The molecule has 0 spiro atoms. The van der Waals surface area contributed by atoms with E-state index in [4.69, 9.17) is 15.3 Å². The summed E-state index contributed by atoms with van der Waals surface area (Å²) in [5.41, 5.74) is 0. The Bertz CT molecular complexity index is 475. The maximum absolute atomic E-state index is 10.3. The fraction of sp³-hybridized carbons (Fsp3) is 0.958. The molecule has 0 bridgehead atoms. The molecule has 4 N–H and O–H groups in total. The fourth-order valence-corrected chi connectivity index (χ4v) is 3.13. The molecule has 0 atom stereocenters. The van der Waals surface area contributed by atoms with Gasteiger partial charge >= 0.3 is 16.4 Å². The first-order chi connectivity index (χ1) is 16.3. The third-order valence-corrected chi connectivity index (χ3v) is 5.80. The maximum atomic E-state index is 10.3. The lowest BCUT2D eigenvalue weighted by atomic mass is 10.0. The molecule has 0 radical (unpaired) electrons. The number of nitrogens with one attached hydrogen (secondary N) is 1. The van der Waals surface area contributed by atoms with Gasteiger partial charge in [-0.05, 0) is 6.42 Å². The van der Waals surface area contributed by atoms with Crippen molar-refractivity contribution in [3.63, 3.8) is 0 Å². The Morgan fingerprint density at radius 2 is 1.00 bits per heavy atom. The minimum Gasteiger partial charge on any atom is -0.481 e. The van der Waals surface area contributed by atoms with Crippen LogP contribution >= 0.6 is 0 Å². The average molecular weight is 516 g/mol. The number of carbonyl (C=O) groups is 1. The highest BCUT2D eigenvalue weighted by Gasteiger charge is 2.01. The normalized spacial score (nSPS) is 10.7. The molecule has 0 rings (SSSR count). The summed E-state index contributed by atoms with van der Waals surface area (Å²) in [5.74, 6) is -0.653. The SMILES string of the molecule is CCCCCCCCCCCCCCCCCC(=O)O.COS(=O)(=O)OC.OCCNCCO. The molecule has 34 heavy (non-hydrogen) atoms. The quantitative estimate of drug-likeness (QED) is 0.154. The van der Waals surface area contributed by atoms with Gasteiger partial charge in [-0.15, -0.1) is 0 Å². The standard InChI is InChI=1S/C18H36O2.C4H11NO2.C2H6O4S/c1-2-3-4-5-6-7-8-9-10-11-12-13-14-15-16-17-18(19)20;6-3-1-5-2-4-7;1-5-7(3,4)6-2/h2-17H2,1H3,(H,19,20);5-7H,1-4H2;1-2H3. The van der Waals surface area contributed by atoms with Crippen LogP contribution in [-0.4, -0.2) is 70.2 Å². The summed E-state index contributed by atoms with van der Waals surface area (Å²) in [5, 5.41) is 27.6. The summed E-state index contributed by atoms with van der Waals surface area (Å²) in [6.45, 7) is 3.69. The van der Waals surface area contributed by atoms with E-state index in [-0.39, 0.29) is 13.2 Å². The highest BCUT2D eigenvalue weighted by Crippen LogP contribution is 2.13. The summed E-state index contributed by atoms with van der Waals surface area (Å²) in [6, 6.07) is 0. The number of aliphatic hydroxyl groups is 2. The monoisotopic (exact) mass is 515 g/mol. The molecular weight excluding hydrogens is 462 g/mol. The number of rotatable bonds is 22. The van der Waals surface area contributed by atoms with E-state index in [0.717, 1.165) is 27.1 Å². The first kappa shape index (κ1) is 37.8. The van der Waals surface area contributed by atoms with Gasteiger partial charge in [-0.1, -0.05) is 96.8 Å². The van der Waals surface area contributed by atoms with Crippen molar-refractivity contribution in [2.75, 3.05) is 40.5 Å². The molecule has 0 amide bonds. The molecule has 9 nitrogen and oxygen atoms in total. The minimum absolute atomic E-state index is 0.139. The molecule has 208 valence electrons. The first-order valence-electron chi connectivity index (χ1n) is 12.8. The smallest absolute Gasteiger partial charge is 0.399 e. The topological polar surface area (TPSA) is 142 Å². The third kappa shape index (κ3) is 41.5. The van der Waals surface area contributed by atoms with Crippen molar-refractivity contribution in [3.8, 4) is 0 Å². The van der Waals surface area contributed by atoms with Crippen LogP contribution in [0.25, 0.3) is 0 Å². The lowest BCUT2D eigenvalue weighted by Crippen LogP contribution is -2.21. The second-order valence-corrected chi connectivity index (χ2v) is 9.52. The summed E-state index contributed by atoms with van der Waals surface area (Å²) >= 11 is 0. The van der Waals surface area contributed by atoms with Crippen LogP contribution < -0.4 is 5.32 Å². The Hall–Kier alpha value is -0.780. The van der Waals surface area contributed by atoms with Crippen molar-refractivity contribution in [3.05, 3.63) is 0 Å². The van der Waals surface area contributed by atoms with Crippen LogP contribution in [0.1, 0.15) is 110 Å². The van der Waals surface area contributed by atoms with Gasteiger partial charge < -0.3 is 20.6 Å². The maximum Gasteiger partial charge on any atom is 0.399 e. The fourth-order valence-electron chi connectivity index (χ4n) is 3.00. The van der Waals surface area contributed by atoms with Crippen molar-refractivity contribution < 1.29 is 36.9 Å². The lowest BCUT2D eigenvalue weighted by Gasteiger charge is -2.03. The van der Waals surface area contributed by atoms with Crippen molar-refractivity contribution >= 4 is 16.4 Å². The molecule has 0 aliphatic heterocycles. The van der Waals surface area contributed by atoms with Gasteiger partial charge in [0.25, 0.3) is 0 Å². The third-order valence-electron chi connectivity index (χ3n) is 4.98. The first-order valence-corrected chi connectivity index (χ1v) is 14.1. The molecule has 0 heterocycles. The molecule has 0 saturated heterocycles. The number of hydrogen-bond donors (Lipinski definition) is 4. The predicted molar refractivity (Wildman–Crippen MR) is 137 cm³/mol. The molecule has 0 aromatic heterocycles. The van der Waals surface area contributed by atoms with Gasteiger partial charge in [0, 0.05) is 19.5 Å². The predicted octanol–water partition coefficient (Wildman–Crippen LogP) is 4.42. The van der Waals surface area contributed by atoms with E-state index in [9.17, 15) is 13.2 Å². The van der Waals surface area contributed by atoms with E-state index in [1.807, 2.05) is 0 Å². The Morgan fingerprint density at radius 3 is 1.24 bits per heavy atom. The second kappa shape index (κ2) is 32.2. The second-order valence-electron chi connectivity index (χ2n) is 8.03. The van der Waals surface area contributed by atoms with Crippen LogP contribution in [-0.2, 0) is 23.6 Å². The molecule has 0 aromatic carbocycles. The molecule has 0 unspecified atom stereocenters. The molecule has 0 aliphatic rings. The van der Waals surface area contributed by atoms with Crippen molar-refractivity contribution in [1.29, 1.82) is 0 Å². The number of carboxylic acids is 1. The largest absolute Gasteiger partial charge is 0.481 e. The van der Waals surface area contributed by atoms with E-state index in [2.05, 4.69) is 20.6 Å². The molecular formula is C24H53NO8S. The van der Waals surface area contributed by atoms with Crippen LogP contribution in [0.15, 0.2) is 0 Å². The summed E-state index contributed by atoms with van der Waals surface area (Å²) < 4.78 is 27.5. The van der Waals surface area contributed by atoms with Crippen LogP contribution in [0.4, 0.5) is 0 Å². The van der Waals surface area contributed by atoms with Crippen LogP contribution in [0.3, 0.4) is 0 Å². The molecule has 0 saturated carbocycles. The van der Waals surface area contributed by atoms with Crippen LogP contribution in [0, 0.1) is 0 Å². The van der Waals surface area contributed by atoms with Gasteiger partial charge in [0.1, 0.15) is 0 Å². The molecule has 0 aromatic rings. The average Bonchev–Trinajstić information content (AvgIpc) is 2.82. The molecule has 0 aliphatic carbocycles. The molecule has 0 fully saturated rings. The van der Waals surface area contributed by atoms with Crippen molar-refractivity contribution in [2.45, 2.75) is 110 Å². The van der Waals surface area contributed by atoms with Gasteiger partial charge in [0.15, 0.2) is 0 Å². The Labute approximate surface area is 209 Å². The van der Waals surface area contributed by atoms with Gasteiger partial charge in [-0.2, -0.15) is 8.42 Å².